The van der Waals surface area contributed by atoms with Crippen molar-refractivity contribution in [2.75, 3.05) is 19.6 Å². The number of benzene rings is 1. The summed E-state index contributed by atoms with van der Waals surface area (Å²) in [5.41, 5.74) is 1.10. The Labute approximate surface area is 120 Å². The van der Waals surface area contributed by atoms with E-state index in [2.05, 4.69) is 21.2 Å². The van der Waals surface area contributed by atoms with Crippen LogP contribution in [0.1, 0.15) is 12.5 Å². The van der Waals surface area contributed by atoms with Crippen molar-refractivity contribution in [3.05, 3.63) is 34.3 Å². The van der Waals surface area contributed by atoms with Gasteiger partial charge in [-0.25, -0.2) is 0 Å². The van der Waals surface area contributed by atoms with Gasteiger partial charge in [-0.05, 0) is 24.2 Å². The maximum atomic E-state index is 11.5. The van der Waals surface area contributed by atoms with Gasteiger partial charge in [0.05, 0.1) is 6.54 Å². The zero-order valence-electron chi connectivity index (χ0n) is 10.7. The van der Waals surface area contributed by atoms with Crippen molar-refractivity contribution >= 4 is 27.8 Å². The third-order valence-electron chi connectivity index (χ3n) is 2.55. The normalized spacial score (nSPS) is 10.5. The summed E-state index contributed by atoms with van der Waals surface area (Å²) in [5.74, 6) is -1.32. The molecule has 0 unspecified atom stereocenters. The molecular weight excluding hydrogens is 312 g/mol. The first-order valence-corrected chi connectivity index (χ1v) is 6.76. The Kier molecular flexibility index (Phi) is 6.52. The fraction of sp³-hybridized carbons (Fsp3) is 0.385. The molecule has 6 heteroatoms. The van der Waals surface area contributed by atoms with E-state index >= 15 is 0 Å². The van der Waals surface area contributed by atoms with E-state index in [9.17, 15) is 9.59 Å². The number of carboxylic acid groups (broad SMARTS) is 1. The molecule has 1 aromatic rings. The number of halogens is 1. The molecule has 1 rings (SSSR count). The summed E-state index contributed by atoms with van der Waals surface area (Å²) >= 11 is 3.40. The first-order valence-electron chi connectivity index (χ1n) is 5.96. The predicted octanol–water partition coefficient (Wildman–Crippen LogP) is 1.47. The maximum absolute atomic E-state index is 11.5. The molecule has 0 atom stereocenters. The van der Waals surface area contributed by atoms with Crippen molar-refractivity contribution in [3.63, 3.8) is 0 Å². The first kappa shape index (κ1) is 15.7. The van der Waals surface area contributed by atoms with Gasteiger partial charge < -0.3 is 10.4 Å². The van der Waals surface area contributed by atoms with Gasteiger partial charge in [-0.1, -0.05) is 35.0 Å². The first-order chi connectivity index (χ1) is 9.01. The fourth-order valence-corrected chi connectivity index (χ4v) is 2.05. The second-order valence-electron chi connectivity index (χ2n) is 4.10. The highest BCUT2D eigenvalue weighted by atomic mass is 79.9. The molecule has 0 saturated heterocycles. The second kappa shape index (κ2) is 7.91. The van der Waals surface area contributed by atoms with Crippen molar-refractivity contribution in [2.24, 2.45) is 0 Å². The number of aliphatic carboxylic acids is 1. The lowest BCUT2D eigenvalue weighted by Gasteiger charge is -2.19. The number of rotatable bonds is 7. The van der Waals surface area contributed by atoms with Crippen LogP contribution in [0.15, 0.2) is 28.7 Å². The van der Waals surface area contributed by atoms with Crippen LogP contribution in [0.5, 0.6) is 0 Å². The highest BCUT2D eigenvalue weighted by Crippen LogP contribution is 2.13. The lowest BCUT2D eigenvalue weighted by atomic mass is 10.2. The largest absolute Gasteiger partial charge is 0.480 e. The zero-order valence-corrected chi connectivity index (χ0v) is 12.3. The molecule has 2 N–H and O–H groups in total. The van der Waals surface area contributed by atoms with E-state index in [0.29, 0.717) is 13.1 Å². The molecule has 0 spiro atoms. The summed E-state index contributed by atoms with van der Waals surface area (Å²) < 4.78 is 0.997. The summed E-state index contributed by atoms with van der Waals surface area (Å²) in [6.45, 7) is 3.18. The number of nitrogens with one attached hydrogen (secondary N) is 1. The van der Waals surface area contributed by atoms with Crippen LogP contribution in [0.3, 0.4) is 0 Å². The number of carbonyl (C=O) groups excluding carboxylic acids is 1. The van der Waals surface area contributed by atoms with Gasteiger partial charge in [0.25, 0.3) is 0 Å². The Bertz CT molecular complexity index is 451. The van der Waals surface area contributed by atoms with Crippen molar-refractivity contribution in [3.8, 4) is 0 Å². The van der Waals surface area contributed by atoms with Gasteiger partial charge in [0.15, 0.2) is 0 Å². The van der Waals surface area contributed by atoms with Crippen LogP contribution in [0.25, 0.3) is 0 Å². The summed E-state index contributed by atoms with van der Waals surface area (Å²) in [6.07, 6.45) is 0. The number of carbonyl (C=O) groups is 2. The van der Waals surface area contributed by atoms with Crippen LogP contribution in [0.4, 0.5) is 0 Å². The molecule has 0 aliphatic heterocycles. The summed E-state index contributed by atoms with van der Waals surface area (Å²) in [5, 5.41) is 10.8. The van der Waals surface area contributed by atoms with Crippen LogP contribution in [-0.2, 0) is 16.1 Å². The van der Waals surface area contributed by atoms with Crippen LogP contribution in [0, 0.1) is 0 Å². The molecule has 0 saturated carbocycles. The number of hydrogen-bond acceptors (Lipinski definition) is 3. The molecular formula is C13H17BrN2O3. The number of hydrogen-bond donors (Lipinski definition) is 2. The quantitative estimate of drug-likeness (QED) is 0.795. The summed E-state index contributed by atoms with van der Waals surface area (Å²) in [4.78, 5) is 23.8. The van der Waals surface area contributed by atoms with Gasteiger partial charge in [-0.3, -0.25) is 14.5 Å². The Morgan fingerprint density at radius 1 is 1.42 bits per heavy atom. The monoisotopic (exact) mass is 328 g/mol. The third kappa shape index (κ3) is 6.35. The fourth-order valence-electron chi connectivity index (χ4n) is 1.61. The molecule has 0 aromatic heterocycles. The van der Waals surface area contributed by atoms with Crippen LogP contribution < -0.4 is 5.32 Å². The molecule has 1 aromatic carbocycles. The van der Waals surface area contributed by atoms with E-state index < -0.39 is 5.97 Å². The minimum absolute atomic E-state index is 0.191. The molecule has 5 nitrogen and oxygen atoms in total. The average molecular weight is 329 g/mol. The van der Waals surface area contributed by atoms with E-state index in [4.69, 9.17) is 5.11 Å². The highest BCUT2D eigenvalue weighted by molar-refractivity contribution is 9.10. The smallest absolute Gasteiger partial charge is 0.322 e. The Morgan fingerprint density at radius 3 is 2.74 bits per heavy atom. The lowest BCUT2D eigenvalue weighted by molar-refractivity contribution is -0.138. The number of nitrogens with zero attached hydrogens (tertiary/aromatic N) is 1. The van der Waals surface area contributed by atoms with Gasteiger partial charge in [-0.15, -0.1) is 0 Å². The van der Waals surface area contributed by atoms with Crippen molar-refractivity contribution in [1.29, 1.82) is 0 Å². The lowest BCUT2D eigenvalue weighted by Crippen LogP contribution is -2.38. The van der Waals surface area contributed by atoms with Crippen LogP contribution in [-0.4, -0.2) is 41.5 Å². The highest BCUT2D eigenvalue weighted by Gasteiger charge is 2.10. The Morgan fingerprint density at radius 2 is 2.16 bits per heavy atom. The van der Waals surface area contributed by atoms with E-state index in [0.717, 1.165) is 10.0 Å². The number of carboxylic acids is 1. The van der Waals surface area contributed by atoms with Gasteiger partial charge in [0.2, 0.25) is 5.91 Å². The molecule has 0 aliphatic carbocycles. The van der Waals surface area contributed by atoms with E-state index in [1.54, 1.807) is 0 Å². The van der Waals surface area contributed by atoms with Gasteiger partial charge >= 0.3 is 5.97 Å². The van der Waals surface area contributed by atoms with Crippen molar-refractivity contribution < 1.29 is 14.7 Å². The SMILES string of the molecule is CCN(CC(=O)NCC(=O)O)Cc1cccc(Br)c1. The number of likely N-dealkylation sites (N-methyl/N-ethyl adjacent to an activating group) is 1. The van der Waals surface area contributed by atoms with Gasteiger partial charge in [0.1, 0.15) is 6.54 Å². The van der Waals surface area contributed by atoms with E-state index in [1.807, 2.05) is 36.1 Å². The standard InChI is InChI=1S/C13H17BrN2O3/c1-2-16(9-12(17)15-7-13(18)19)8-10-4-3-5-11(14)6-10/h3-6H,2,7-9H2,1H3,(H,15,17)(H,18,19). The molecule has 19 heavy (non-hydrogen) atoms. The van der Waals surface area contributed by atoms with E-state index in [-0.39, 0.29) is 19.0 Å². The predicted molar refractivity (Wildman–Crippen MR) is 75.7 cm³/mol. The molecule has 0 aliphatic rings. The van der Waals surface area contributed by atoms with Gasteiger partial charge in [-0.2, -0.15) is 0 Å². The van der Waals surface area contributed by atoms with Gasteiger partial charge in [0, 0.05) is 11.0 Å². The topological polar surface area (TPSA) is 69.6 Å². The second-order valence-corrected chi connectivity index (χ2v) is 5.02. The zero-order chi connectivity index (χ0) is 14.3. The molecule has 0 bridgehead atoms. The maximum Gasteiger partial charge on any atom is 0.322 e. The van der Waals surface area contributed by atoms with Crippen molar-refractivity contribution in [1.82, 2.24) is 10.2 Å². The minimum Gasteiger partial charge on any atom is -0.480 e. The minimum atomic E-state index is -1.04. The Balaban J connectivity index is 2.49. The van der Waals surface area contributed by atoms with E-state index in [1.165, 1.54) is 0 Å². The summed E-state index contributed by atoms with van der Waals surface area (Å²) in [6, 6.07) is 7.87. The number of amides is 1. The average Bonchev–Trinajstić information content (AvgIpc) is 2.35. The third-order valence-corrected chi connectivity index (χ3v) is 3.04. The van der Waals surface area contributed by atoms with Crippen LogP contribution >= 0.6 is 15.9 Å². The van der Waals surface area contributed by atoms with Crippen LogP contribution in [0.2, 0.25) is 0 Å². The summed E-state index contributed by atoms with van der Waals surface area (Å²) in [7, 11) is 0. The molecule has 1 amide bonds. The molecule has 0 radical (unpaired) electrons. The molecule has 104 valence electrons. The molecule has 0 fully saturated rings. The molecule has 0 heterocycles. The van der Waals surface area contributed by atoms with Crippen molar-refractivity contribution in [2.45, 2.75) is 13.5 Å². The Hall–Kier alpha value is -1.40.